The molecule has 0 amide bonds. The maximum atomic E-state index is 5.80. The Hall–Kier alpha value is -1.02. The van der Waals surface area contributed by atoms with Gasteiger partial charge in [-0.2, -0.15) is 0 Å². The summed E-state index contributed by atoms with van der Waals surface area (Å²) < 4.78 is 5.80. The third-order valence-corrected chi connectivity index (χ3v) is 2.85. The molecule has 0 saturated heterocycles. The van der Waals surface area contributed by atoms with Crippen molar-refractivity contribution < 1.29 is 4.74 Å². The SMILES string of the molecule is CCNCCOc1ccccc1[C@H](C)CC. The molecule has 1 atom stereocenters. The summed E-state index contributed by atoms with van der Waals surface area (Å²) in [5.74, 6) is 1.60. The first kappa shape index (κ1) is 13.0. The molecule has 16 heavy (non-hydrogen) atoms. The lowest BCUT2D eigenvalue weighted by Gasteiger charge is -2.15. The van der Waals surface area contributed by atoms with Crippen LogP contribution in [-0.4, -0.2) is 19.7 Å². The molecule has 0 aliphatic carbocycles. The standard InChI is InChI=1S/C14H23NO/c1-4-12(3)13-8-6-7-9-14(13)16-11-10-15-5-2/h6-9,12,15H,4-5,10-11H2,1-3H3/t12-/m1/s1. The normalized spacial score (nSPS) is 12.4. The first-order valence-corrected chi connectivity index (χ1v) is 6.22. The van der Waals surface area contributed by atoms with Crippen molar-refractivity contribution in [3.8, 4) is 5.75 Å². The zero-order valence-corrected chi connectivity index (χ0v) is 10.6. The average molecular weight is 221 g/mol. The number of para-hydroxylation sites is 1. The molecule has 0 fully saturated rings. The number of nitrogens with one attached hydrogen (secondary N) is 1. The molecule has 0 bridgehead atoms. The van der Waals surface area contributed by atoms with Gasteiger partial charge in [-0.25, -0.2) is 0 Å². The Morgan fingerprint density at radius 1 is 1.25 bits per heavy atom. The van der Waals surface area contributed by atoms with Crippen molar-refractivity contribution in [2.24, 2.45) is 0 Å². The maximum Gasteiger partial charge on any atom is 0.122 e. The van der Waals surface area contributed by atoms with Crippen LogP contribution in [0.25, 0.3) is 0 Å². The summed E-state index contributed by atoms with van der Waals surface area (Å²) in [6.45, 7) is 9.20. The second-order valence-electron chi connectivity index (χ2n) is 4.05. The first-order valence-electron chi connectivity index (χ1n) is 6.22. The fraction of sp³-hybridized carbons (Fsp3) is 0.571. The van der Waals surface area contributed by atoms with Gasteiger partial charge in [-0.3, -0.25) is 0 Å². The molecular weight excluding hydrogens is 198 g/mol. The van der Waals surface area contributed by atoms with Gasteiger partial charge in [-0.1, -0.05) is 39.0 Å². The molecule has 90 valence electrons. The number of rotatable bonds is 7. The van der Waals surface area contributed by atoms with Crippen LogP contribution in [0.2, 0.25) is 0 Å². The highest BCUT2D eigenvalue weighted by Gasteiger charge is 2.08. The fourth-order valence-electron chi connectivity index (χ4n) is 1.65. The van der Waals surface area contributed by atoms with Crippen LogP contribution in [-0.2, 0) is 0 Å². The van der Waals surface area contributed by atoms with Gasteiger partial charge in [0, 0.05) is 6.54 Å². The van der Waals surface area contributed by atoms with Crippen LogP contribution >= 0.6 is 0 Å². The second kappa shape index (κ2) is 7.29. The number of hydrogen-bond donors (Lipinski definition) is 1. The molecule has 1 aromatic rings. The van der Waals surface area contributed by atoms with E-state index in [1.807, 2.05) is 6.07 Å². The summed E-state index contributed by atoms with van der Waals surface area (Å²) in [7, 11) is 0. The number of hydrogen-bond acceptors (Lipinski definition) is 2. The highest BCUT2D eigenvalue weighted by molar-refractivity contribution is 5.35. The van der Waals surface area contributed by atoms with Gasteiger partial charge in [0.15, 0.2) is 0 Å². The topological polar surface area (TPSA) is 21.3 Å². The molecule has 0 radical (unpaired) electrons. The molecule has 0 aliphatic rings. The van der Waals surface area contributed by atoms with E-state index < -0.39 is 0 Å². The van der Waals surface area contributed by atoms with Gasteiger partial charge in [0.25, 0.3) is 0 Å². The van der Waals surface area contributed by atoms with Crippen LogP contribution in [0.15, 0.2) is 24.3 Å². The van der Waals surface area contributed by atoms with Gasteiger partial charge < -0.3 is 10.1 Å². The van der Waals surface area contributed by atoms with E-state index in [4.69, 9.17) is 4.74 Å². The summed E-state index contributed by atoms with van der Waals surface area (Å²) in [6.07, 6.45) is 1.15. The lowest BCUT2D eigenvalue weighted by atomic mass is 9.98. The minimum atomic E-state index is 0.565. The van der Waals surface area contributed by atoms with Crippen LogP contribution in [0.4, 0.5) is 0 Å². The average Bonchev–Trinajstić information content (AvgIpc) is 2.34. The van der Waals surface area contributed by atoms with E-state index >= 15 is 0 Å². The van der Waals surface area contributed by atoms with Crippen molar-refractivity contribution in [3.05, 3.63) is 29.8 Å². The van der Waals surface area contributed by atoms with Crippen molar-refractivity contribution >= 4 is 0 Å². The summed E-state index contributed by atoms with van der Waals surface area (Å²) in [5.41, 5.74) is 1.32. The lowest BCUT2D eigenvalue weighted by Crippen LogP contribution is -2.20. The van der Waals surface area contributed by atoms with Crippen molar-refractivity contribution in [1.29, 1.82) is 0 Å². The predicted molar refractivity (Wildman–Crippen MR) is 69.2 cm³/mol. The van der Waals surface area contributed by atoms with Gasteiger partial charge in [0.2, 0.25) is 0 Å². The van der Waals surface area contributed by atoms with Gasteiger partial charge in [0.1, 0.15) is 12.4 Å². The van der Waals surface area contributed by atoms with E-state index in [-0.39, 0.29) is 0 Å². The molecule has 2 nitrogen and oxygen atoms in total. The zero-order chi connectivity index (χ0) is 11.8. The molecular formula is C14H23NO. The van der Waals surface area contributed by atoms with Gasteiger partial charge in [-0.05, 0) is 30.5 Å². The third-order valence-electron chi connectivity index (χ3n) is 2.85. The van der Waals surface area contributed by atoms with Crippen molar-refractivity contribution in [1.82, 2.24) is 5.32 Å². The van der Waals surface area contributed by atoms with Crippen LogP contribution in [0.3, 0.4) is 0 Å². The smallest absolute Gasteiger partial charge is 0.122 e. The third kappa shape index (κ3) is 3.86. The predicted octanol–water partition coefficient (Wildman–Crippen LogP) is 3.19. The summed E-state index contributed by atoms with van der Waals surface area (Å²) in [4.78, 5) is 0. The molecule has 0 saturated carbocycles. The highest BCUT2D eigenvalue weighted by Crippen LogP contribution is 2.28. The summed E-state index contributed by atoms with van der Waals surface area (Å²) >= 11 is 0. The van der Waals surface area contributed by atoms with E-state index in [1.165, 1.54) is 5.56 Å². The highest BCUT2D eigenvalue weighted by atomic mass is 16.5. The Morgan fingerprint density at radius 2 is 2.00 bits per heavy atom. The molecule has 0 spiro atoms. The van der Waals surface area contributed by atoms with E-state index in [0.29, 0.717) is 5.92 Å². The van der Waals surface area contributed by atoms with Crippen LogP contribution < -0.4 is 10.1 Å². The van der Waals surface area contributed by atoms with Crippen LogP contribution in [0.1, 0.15) is 38.7 Å². The molecule has 1 rings (SSSR count). The summed E-state index contributed by atoms with van der Waals surface area (Å²) in [5, 5.41) is 3.26. The zero-order valence-electron chi connectivity index (χ0n) is 10.6. The number of likely N-dealkylation sites (N-methyl/N-ethyl adjacent to an activating group) is 1. The largest absolute Gasteiger partial charge is 0.492 e. The molecule has 0 unspecified atom stereocenters. The van der Waals surface area contributed by atoms with E-state index in [9.17, 15) is 0 Å². The van der Waals surface area contributed by atoms with Crippen molar-refractivity contribution in [2.75, 3.05) is 19.7 Å². The molecule has 0 aromatic heterocycles. The van der Waals surface area contributed by atoms with Crippen molar-refractivity contribution in [3.63, 3.8) is 0 Å². The minimum absolute atomic E-state index is 0.565. The maximum absolute atomic E-state index is 5.80. The van der Waals surface area contributed by atoms with Gasteiger partial charge >= 0.3 is 0 Å². The van der Waals surface area contributed by atoms with E-state index in [0.717, 1.165) is 31.9 Å². The van der Waals surface area contributed by atoms with Gasteiger partial charge in [-0.15, -0.1) is 0 Å². The quantitative estimate of drug-likeness (QED) is 0.714. The van der Waals surface area contributed by atoms with E-state index in [2.05, 4.69) is 44.3 Å². The number of ether oxygens (including phenoxy) is 1. The fourth-order valence-corrected chi connectivity index (χ4v) is 1.65. The molecule has 1 aromatic carbocycles. The lowest BCUT2D eigenvalue weighted by molar-refractivity contribution is 0.310. The summed E-state index contributed by atoms with van der Waals surface area (Å²) in [6, 6.07) is 8.34. The van der Waals surface area contributed by atoms with E-state index in [1.54, 1.807) is 0 Å². The Bertz CT molecular complexity index is 299. The Balaban J connectivity index is 2.57. The monoisotopic (exact) mass is 221 g/mol. The molecule has 1 N–H and O–H groups in total. The Kier molecular flexibility index (Phi) is 5.94. The first-order chi connectivity index (χ1) is 7.79. The van der Waals surface area contributed by atoms with Crippen molar-refractivity contribution in [2.45, 2.75) is 33.1 Å². The molecule has 2 heteroatoms. The second-order valence-corrected chi connectivity index (χ2v) is 4.05. The van der Waals surface area contributed by atoms with Crippen LogP contribution in [0.5, 0.6) is 5.75 Å². The molecule has 0 heterocycles. The molecule has 0 aliphatic heterocycles. The Labute approximate surface area is 99.0 Å². The van der Waals surface area contributed by atoms with Crippen LogP contribution in [0, 0.1) is 0 Å². The number of benzene rings is 1. The van der Waals surface area contributed by atoms with Gasteiger partial charge in [0.05, 0.1) is 0 Å². The minimum Gasteiger partial charge on any atom is -0.492 e. The Morgan fingerprint density at radius 3 is 2.69 bits per heavy atom.